The van der Waals surface area contributed by atoms with Crippen molar-refractivity contribution in [2.75, 3.05) is 13.6 Å². The summed E-state index contributed by atoms with van der Waals surface area (Å²) < 4.78 is 16.7. The van der Waals surface area contributed by atoms with Gasteiger partial charge < -0.3 is 20.1 Å². The molecule has 0 spiro atoms. The molecule has 0 fully saturated rings. The van der Waals surface area contributed by atoms with Gasteiger partial charge in [-0.2, -0.15) is 0 Å². The molecule has 0 aliphatic carbocycles. The van der Waals surface area contributed by atoms with Crippen LogP contribution in [0.2, 0.25) is 5.02 Å². The Morgan fingerprint density at radius 3 is 2.63 bits per heavy atom. The van der Waals surface area contributed by atoms with Crippen molar-refractivity contribution in [3.8, 4) is 11.4 Å². The highest BCUT2D eigenvalue weighted by atomic mass is 35.5. The van der Waals surface area contributed by atoms with Crippen LogP contribution in [0.5, 0.6) is 0 Å². The van der Waals surface area contributed by atoms with Crippen molar-refractivity contribution in [2.24, 2.45) is 5.41 Å². The molecule has 0 bridgehead atoms. The number of hydrogen-bond donors (Lipinski definition) is 2. The van der Waals surface area contributed by atoms with Crippen LogP contribution in [-0.4, -0.2) is 55.9 Å². The highest BCUT2D eigenvalue weighted by Gasteiger charge is 2.35. The fraction of sp³-hybridized carbons (Fsp3) is 0.444. The zero-order valence-corrected chi connectivity index (χ0v) is 23.1. The maximum atomic E-state index is 14.8. The van der Waals surface area contributed by atoms with Crippen molar-refractivity contribution in [3.63, 3.8) is 0 Å². The highest BCUT2D eigenvalue weighted by molar-refractivity contribution is 6.30. The smallest absolute Gasteiger partial charge is 0.272 e. The van der Waals surface area contributed by atoms with Gasteiger partial charge in [0.1, 0.15) is 17.7 Å². The Balaban J connectivity index is 1.64. The van der Waals surface area contributed by atoms with Crippen LogP contribution in [0.15, 0.2) is 30.6 Å². The number of hydrogen-bond acceptors (Lipinski definition) is 6. The van der Waals surface area contributed by atoms with E-state index in [2.05, 4.69) is 30.5 Å². The number of aryl methyl sites for hydroxylation is 1. The molecule has 1 atom stereocenters. The lowest BCUT2D eigenvalue weighted by Crippen LogP contribution is -2.53. The van der Waals surface area contributed by atoms with E-state index < -0.39 is 23.2 Å². The molecular formula is C27H33ClFN7O2. The molecule has 3 aromatic rings. The summed E-state index contributed by atoms with van der Waals surface area (Å²) in [6, 6.07) is 3.42. The van der Waals surface area contributed by atoms with Gasteiger partial charge in [0.05, 0.1) is 35.4 Å². The van der Waals surface area contributed by atoms with E-state index in [4.69, 9.17) is 11.6 Å². The van der Waals surface area contributed by atoms with Gasteiger partial charge in [0.25, 0.3) is 5.91 Å². The molecule has 2 aromatic heterocycles. The van der Waals surface area contributed by atoms with E-state index in [9.17, 15) is 14.0 Å². The molecule has 4 rings (SSSR count). The van der Waals surface area contributed by atoms with Gasteiger partial charge >= 0.3 is 0 Å². The number of aromatic nitrogens is 4. The fourth-order valence-corrected chi connectivity index (χ4v) is 4.61. The number of imidazole rings is 1. The summed E-state index contributed by atoms with van der Waals surface area (Å²) in [4.78, 5) is 42.1. The first-order valence-corrected chi connectivity index (χ1v) is 12.9. The molecule has 1 aliphatic rings. The molecular weight excluding hydrogens is 509 g/mol. The molecule has 9 nitrogen and oxygen atoms in total. The van der Waals surface area contributed by atoms with Gasteiger partial charge in [0, 0.05) is 24.3 Å². The quantitative estimate of drug-likeness (QED) is 0.492. The van der Waals surface area contributed by atoms with Crippen molar-refractivity contribution in [1.82, 2.24) is 35.1 Å². The maximum absolute atomic E-state index is 14.8. The van der Waals surface area contributed by atoms with Crippen LogP contribution in [0.4, 0.5) is 4.39 Å². The second kappa shape index (κ2) is 11.2. The summed E-state index contributed by atoms with van der Waals surface area (Å²) in [6.45, 7) is 9.47. The zero-order chi connectivity index (χ0) is 27.6. The molecule has 0 saturated carbocycles. The predicted molar refractivity (Wildman–Crippen MR) is 143 cm³/mol. The third-order valence-corrected chi connectivity index (χ3v) is 6.72. The lowest BCUT2D eigenvalue weighted by molar-refractivity contribution is -0.125. The first-order valence-electron chi connectivity index (χ1n) is 12.5. The number of halogens is 2. The lowest BCUT2D eigenvalue weighted by atomic mass is 9.86. The molecule has 1 aliphatic heterocycles. The van der Waals surface area contributed by atoms with Gasteiger partial charge in [-0.15, -0.1) is 0 Å². The standard InChI is InChI=1S/C27H33ClFN7O2/c1-16-12-31-18(13-30-16)14-32-26(38)23(27(2,3)4)34-25(37)22-21-15-35(5)9-6-10-36(21)24(33-22)19-11-17(28)7-8-20(19)29/h7-8,11-13,23H,6,9-10,14-15H2,1-5H3,(H,32,38)(H,34,37). The van der Waals surface area contributed by atoms with Crippen molar-refractivity contribution in [2.45, 2.75) is 59.8 Å². The van der Waals surface area contributed by atoms with Crippen LogP contribution in [0.25, 0.3) is 11.4 Å². The minimum atomic E-state index is -0.861. The van der Waals surface area contributed by atoms with E-state index in [1.807, 2.05) is 39.3 Å². The van der Waals surface area contributed by atoms with Crippen molar-refractivity contribution in [1.29, 1.82) is 0 Å². The third kappa shape index (κ3) is 6.19. The van der Waals surface area contributed by atoms with E-state index in [1.165, 1.54) is 18.2 Å². The molecule has 0 radical (unpaired) electrons. The number of nitrogens with one attached hydrogen (secondary N) is 2. The molecule has 0 saturated heterocycles. The summed E-state index contributed by atoms with van der Waals surface area (Å²) >= 11 is 6.17. The summed E-state index contributed by atoms with van der Waals surface area (Å²) in [5.41, 5.74) is 1.85. The molecule has 11 heteroatoms. The van der Waals surface area contributed by atoms with Gasteiger partial charge in [-0.25, -0.2) is 9.37 Å². The van der Waals surface area contributed by atoms with Gasteiger partial charge in [-0.05, 0) is 50.6 Å². The van der Waals surface area contributed by atoms with Gasteiger partial charge in [-0.3, -0.25) is 19.6 Å². The van der Waals surface area contributed by atoms with E-state index in [0.717, 1.165) is 18.7 Å². The Morgan fingerprint density at radius 2 is 1.95 bits per heavy atom. The van der Waals surface area contributed by atoms with E-state index in [-0.39, 0.29) is 23.7 Å². The molecule has 38 heavy (non-hydrogen) atoms. The number of benzene rings is 1. The third-order valence-electron chi connectivity index (χ3n) is 6.48. The Bertz CT molecular complexity index is 1330. The van der Waals surface area contributed by atoms with Crippen molar-refractivity contribution < 1.29 is 14.0 Å². The van der Waals surface area contributed by atoms with Crippen molar-refractivity contribution in [3.05, 3.63) is 64.2 Å². The van der Waals surface area contributed by atoms with Crippen LogP contribution in [0.3, 0.4) is 0 Å². The van der Waals surface area contributed by atoms with Crippen LogP contribution in [0.1, 0.15) is 54.8 Å². The largest absolute Gasteiger partial charge is 0.349 e. The minimum absolute atomic E-state index is 0.166. The molecule has 2 N–H and O–H groups in total. The maximum Gasteiger partial charge on any atom is 0.272 e. The first-order chi connectivity index (χ1) is 17.9. The van der Waals surface area contributed by atoms with Crippen LogP contribution < -0.4 is 10.6 Å². The topological polar surface area (TPSA) is 105 Å². The van der Waals surface area contributed by atoms with E-state index in [0.29, 0.717) is 35.3 Å². The predicted octanol–water partition coefficient (Wildman–Crippen LogP) is 3.74. The molecule has 1 aromatic carbocycles. The number of fused-ring (bicyclic) bond motifs is 1. The monoisotopic (exact) mass is 541 g/mol. The SMILES string of the molecule is Cc1cnc(CNC(=O)C(NC(=O)c2nc(-c3cc(Cl)ccc3F)n3c2CN(C)CCC3)C(C)(C)C)cn1. The van der Waals surface area contributed by atoms with Crippen LogP contribution >= 0.6 is 11.6 Å². The lowest BCUT2D eigenvalue weighted by Gasteiger charge is -2.30. The van der Waals surface area contributed by atoms with Crippen molar-refractivity contribution >= 4 is 23.4 Å². The number of carbonyl (C=O) groups excluding carboxylic acids is 2. The first kappa shape index (κ1) is 27.7. The number of nitrogens with zero attached hydrogens (tertiary/aromatic N) is 5. The summed E-state index contributed by atoms with van der Waals surface area (Å²) in [5, 5.41) is 6.12. The molecule has 3 heterocycles. The average molecular weight is 542 g/mol. The summed E-state index contributed by atoms with van der Waals surface area (Å²) in [5.74, 6) is -0.979. The Kier molecular flexibility index (Phi) is 8.13. The molecule has 202 valence electrons. The average Bonchev–Trinajstić information content (AvgIpc) is 3.08. The number of amides is 2. The number of carbonyl (C=O) groups is 2. The highest BCUT2D eigenvalue weighted by Crippen LogP contribution is 2.30. The zero-order valence-electron chi connectivity index (χ0n) is 22.3. The van der Waals surface area contributed by atoms with Gasteiger partial charge in [0.15, 0.2) is 5.69 Å². The normalized spacial score (nSPS) is 14.9. The summed E-state index contributed by atoms with van der Waals surface area (Å²) in [7, 11) is 1.96. The Morgan fingerprint density at radius 1 is 1.18 bits per heavy atom. The minimum Gasteiger partial charge on any atom is -0.349 e. The van der Waals surface area contributed by atoms with Crippen LogP contribution in [-0.2, 0) is 24.4 Å². The molecule has 2 amide bonds. The summed E-state index contributed by atoms with van der Waals surface area (Å²) in [6.07, 6.45) is 4.05. The number of rotatable bonds is 6. The molecule has 1 unspecified atom stereocenters. The van der Waals surface area contributed by atoms with Gasteiger partial charge in [0.2, 0.25) is 5.91 Å². The van der Waals surface area contributed by atoms with Crippen LogP contribution in [0, 0.1) is 18.2 Å². The fourth-order valence-electron chi connectivity index (χ4n) is 4.44. The van der Waals surface area contributed by atoms with Gasteiger partial charge in [-0.1, -0.05) is 32.4 Å². The Labute approximate surface area is 226 Å². The second-order valence-electron chi connectivity index (χ2n) is 10.7. The Hall–Kier alpha value is -3.37. The van der Waals surface area contributed by atoms with E-state index >= 15 is 0 Å². The van der Waals surface area contributed by atoms with E-state index in [1.54, 1.807) is 12.4 Å². The second-order valence-corrected chi connectivity index (χ2v) is 11.2.